The first-order valence-electron chi connectivity index (χ1n) is 7.94. The van der Waals surface area contributed by atoms with Gasteiger partial charge in [0.1, 0.15) is 11.5 Å². The van der Waals surface area contributed by atoms with E-state index >= 15 is 0 Å². The van der Waals surface area contributed by atoms with Gasteiger partial charge in [0.2, 0.25) is 0 Å². The van der Waals surface area contributed by atoms with Crippen LogP contribution >= 0.6 is 11.6 Å². The van der Waals surface area contributed by atoms with E-state index in [1.807, 2.05) is 24.3 Å². The molecule has 1 atom stereocenters. The Balaban J connectivity index is 1.66. The van der Waals surface area contributed by atoms with Gasteiger partial charge in [0, 0.05) is 22.0 Å². The summed E-state index contributed by atoms with van der Waals surface area (Å²) >= 11 is 5.98. The van der Waals surface area contributed by atoms with Crippen molar-refractivity contribution in [3.05, 3.63) is 53.6 Å². The number of hydrogen-bond donors (Lipinski definition) is 1. The largest absolute Gasteiger partial charge is 0.479 e. The third-order valence-corrected chi connectivity index (χ3v) is 3.78. The van der Waals surface area contributed by atoms with Crippen LogP contribution in [0.4, 0.5) is 0 Å². The normalized spacial score (nSPS) is 12.0. The summed E-state index contributed by atoms with van der Waals surface area (Å²) in [5, 5.41) is 1.68. The lowest BCUT2D eigenvalue weighted by atomic mass is 10.2. The molecular formula is C19H18ClNO4. The lowest BCUT2D eigenvalue weighted by molar-refractivity contribution is -0.150. The zero-order valence-electron chi connectivity index (χ0n) is 13.9. The number of hydrogen-bond acceptors (Lipinski definition) is 4. The lowest BCUT2D eigenvalue weighted by Crippen LogP contribution is -2.25. The molecule has 0 spiro atoms. The van der Waals surface area contributed by atoms with Crippen molar-refractivity contribution in [3.63, 3.8) is 0 Å². The molecule has 1 N–H and O–H groups in total. The van der Waals surface area contributed by atoms with Crippen molar-refractivity contribution in [2.24, 2.45) is 0 Å². The molecule has 0 bridgehead atoms. The summed E-state index contributed by atoms with van der Waals surface area (Å²) in [5.41, 5.74) is 0.908. The zero-order valence-corrected chi connectivity index (χ0v) is 14.7. The highest BCUT2D eigenvalue weighted by Crippen LogP contribution is 2.28. The molecule has 0 fully saturated rings. The molecular weight excluding hydrogens is 342 g/mol. The molecule has 2 aromatic carbocycles. The van der Waals surface area contributed by atoms with E-state index in [4.69, 9.17) is 25.8 Å². The van der Waals surface area contributed by atoms with Crippen molar-refractivity contribution in [1.82, 2.24) is 4.98 Å². The van der Waals surface area contributed by atoms with Crippen molar-refractivity contribution in [1.29, 1.82) is 0 Å². The molecule has 1 heterocycles. The van der Waals surface area contributed by atoms with Gasteiger partial charge in [0.15, 0.2) is 12.0 Å². The number of halogens is 1. The van der Waals surface area contributed by atoms with Crippen LogP contribution in [-0.4, -0.2) is 23.7 Å². The predicted molar refractivity (Wildman–Crippen MR) is 96.5 cm³/mol. The van der Waals surface area contributed by atoms with E-state index in [9.17, 15) is 4.79 Å². The maximum absolute atomic E-state index is 11.6. The first-order chi connectivity index (χ1) is 12.0. The highest BCUT2D eigenvalue weighted by Gasteiger charge is 2.15. The first-order valence-corrected chi connectivity index (χ1v) is 8.32. The summed E-state index contributed by atoms with van der Waals surface area (Å²) in [6.07, 6.45) is -0.662. The van der Waals surface area contributed by atoms with Gasteiger partial charge in [0.05, 0.1) is 6.61 Å². The number of carbonyl (C=O) groups is 1. The molecule has 0 saturated carbocycles. The van der Waals surface area contributed by atoms with Gasteiger partial charge in [-0.05, 0) is 50.2 Å². The fourth-order valence-corrected chi connectivity index (χ4v) is 2.52. The fraction of sp³-hybridized carbons (Fsp3) is 0.211. The summed E-state index contributed by atoms with van der Waals surface area (Å²) in [7, 11) is 0. The predicted octanol–water partition coefficient (Wildman–Crippen LogP) is 4.94. The van der Waals surface area contributed by atoms with Crippen molar-refractivity contribution in [2.45, 2.75) is 20.0 Å². The number of aromatic amines is 1. The van der Waals surface area contributed by atoms with Crippen LogP contribution < -0.4 is 9.47 Å². The summed E-state index contributed by atoms with van der Waals surface area (Å²) in [5.74, 6) is 1.44. The monoisotopic (exact) mass is 359 g/mol. The minimum Gasteiger partial charge on any atom is -0.479 e. The molecule has 6 heteroatoms. The number of nitrogens with one attached hydrogen (secondary N) is 1. The fourth-order valence-electron chi connectivity index (χ4n) is 2.35. The summed E-state index contributed by atoms with van der Waals surface area (Å²) in [6, 6.07) is 14.5. The van der Waals surface area contributed by atoms with E-state index in [0.29, 0.717) is 29.0 Å². The van der Waals surface area contributed by atoms with E-state index in [1.165, 1.54) is 0 Å². The van der Waals surface area contributed by atoms with Crippen LogP contribution in [0.2, 0.25) is 5.02 Å². The number of esters is 1. The maximum atomic E-state index is 11.6. The molecule has 0 aliphatic carbocycles. The number of benzene rings is 2. The van der Waals surface area contributed by atoms with E-state index in [0.717, 1.165) is 10.9 Å². The minimum atomic E-state index is -0.662. The van der Waals surface area contributed by atoms with Gasteiger partial charge in [-0.25, -0.2) is 4.79 Å². The second kappa shape index (κ2) is 7.49. The van der Waals surface area contributed by atoms with Gasteiger partial charge in [-0.15, -0.1) is 0 Å². The molecule has 25 heavy (non-hydrogen) atoms. The highest BCUT2D eigenvalue weighted by molar-refractivity contribution is 6.31. The Hall–Kier alpha value is -2.66. The number of ether oxygens (including phenoxy) is 3. The molecule has 5 nitrogen and oxygen atoms in total. The number of aromatic nitrogens is 1. The number of carbonyl (C=O) groups excluding carboxylic acids is 1. The molecule has 0 radical (unpaired) electrons. The molecule has 0 unspecified atom stereocenters. The number of H-pyrrole nitrogens is 1. The Bertz CT molecular complexity index is 873. The molecule has 0 aliphatic heterocycles. The van der Waals surface area contributed by atoms with Gasteiger partial charge >= 0.3 is 5.97 Å². The van der Waals surface area contributed by atoms with E-state index < -0.39 is 6.10 Å². The van der Waals surface area contributed by atoms with E-state index in [-0.39, 0.29) is 5.97 Å². The van der Waals surface area contributed by atoms with Crippen LogP contribution in [0.3, 0.4) is 0 Å². The van der Waals surface area contributed by atoms with Gasteiger partial charge < -0.3 is 19.2 Å². The molecule has 3 aromatic rings. The zero-order chi connectivity index (χ0) is 17.8. The van der Waals surface area contributed by atoms with Crippen LogP contribution in [0.15, 0.2) is 48.5 Å². The Kier molecular flexibility index (Phi) is 5.14. The number of fused-ring (bicyclic) bond motifs is 1. The summed E-state index contributed by atoms with van der Waals surface area (Å²) in [6.45, 7) is 3.74. The molecule has 0 aliphatic rings. The van der Waals surface area contributed by atoms with Crippen LogP contribution in [0, 0.1) is 0 Å². The number of rotatable bonds is 6. The standard InChI is InChI=1S/C19H18ClNO4/c1-3-23-19(22)12(2)24-15-6-8-16(9-7-15)25-18-10-13-4-5-14(20)11-17(13)21-18/h4-12,21H,3H2,1-2H3/t12-/m1/s1. The third-order valence-electron chi connectivity index (χ3n) is 3.54. The summed E-state index contributed by atoms with van der Waals surface area (Å²) < 4.78 is 16.3. The average Bonchev–Trinajstić information content (AvgIpc) is 2.98. The second-order valence-electron chi connectivity index (χ2n) is 5.45. The first kappa shape index (κ1) is 17.2. The van der Waals surface area contributed by atoms with Crippen molar-refractivity contribution < 1.29 is 19.0 Å². The quantitative estimate of drug-likeness (QED) is 0.633. The smallest absolute Gasteiger partial charge is 0.347 e. The second-order valence-corrected chi connectivity index (χ2v) is 5.89. The average molecular weight is 360 g/mol. The highest BCUT2D eigenvalue weighted by atomic mass is 35.5. The van der Waals surface area contributed by atoms with Crippen LogP contribution in [0.25, 0.3) is 10.9 Å². The summed E-state index contributed by atoms with van der Waals surface area (Å²) in [4.78, 5) is 14.7. The van der Waals surface area contributed by atoms with Crippen LogP contribution in [0.5, 0.6) is 17.4 Å². The lowest BCUT2D eigenvalue weighted by Gasteiger charge is -2.13. The minimum absolute atomic E-state index is 0.328. The van der Waals surface area contributed by atoms with Crippen molar-refractivity contribution >= 4 is 28.5 Å². The van der Waals surface area contributed by atoms with Gasteiger partial charge in [-0.3, -0.25) is 0 Å². The third kappa shape index (κ3) is 4.25. The van der Waals surface area contributed by atoms with Crippen LogP contribution in [-0.2, 0) is 9.53 Å². The Morgan fingerprint density at radius 1 is 1.12 bits per heavy atom. The molecule has 130 valence electrons. The molecule has 0 amide bonds. The Morgan fingerprint density at radius 3 is 2.56 bits per heavy atom. The molecule has 0 saturated heterocycles. The topological polar surface area (TPSA) is 60.6 Å². The van der Waals surface area contributed by atoms with Gasteiger partial charge in [-0.1, -0.05) is 17.7 Å². The van der Waals surface area contributed by atoms with E-state index in [2.05, 4.69) is 4.98 Å². The maximum Gasteiger partial charge on any atom is 0.347 e. The molecule has 1 aromatic heterocycles. The molecule has 3 rings (SSSR count). The van der Waals surface area contributed by atoms with E-state index in [1.54, 1.807) is 38.1 Å². The van der Waals surface area contributed by atoms with Gasteiger partial charge in [-0.2, -0.15) is 0 Å². The Labute approximate surface area is 150 Å². The van der Waals surface area contributed by atoms with Crippen LogP contribution in [0.1, 0.15) is 13.8 Å². The SMILES string of the molecule is CCOC(=O)[C@@H](C)Oc1ccc(Oc2cc3ccc(Cl)cc3[nH]2)cc1. The van der Waals surface area contributed by atoms with Gasteiger partial charge in [0.25, 0.3) is 0 Å². The van der Waals surface area contributed by atoms with Crippen molar-refractivity contribution in [2.75, 3.05) is 6.61 Å². The van der Waals surface area contributed by atoms with Crippen molar-refractivity contribution in [3.8, 4) is 17.4 Å². The Morgan fingerprint density at radius 2 is 1.84 bits per heavy atom.